The van der Waals surface area contributed by atoms with Crippen molar-refractivity contribution in [3.8, 4) is 0 Å². The SMILES string of the molecule is CC1C=C(N(c2cccnc2)c2cccnc2)C=NC1. The van der Waals surface area contributed by atoms with Crippen molar-refractivity contribution in [2.45, 2.75) is 6.92 Å². The predicted octanol–water partition coefficient (Wildman–Crippen LogP) is 3.22. The van der Waals surface area contributed by atoms with Gasteiger partial charge in [-0.05, 0) is 30.2 Å². The van der Waals surface area contributed by atoms with Crippen molar-refractivity contribution in [3.63, 3.8) is 0 Å². The van der Waals surface area contributed by atoms with Crippen molar-refractivity contribution in [3.05, 3.63) is 60.8 Å². The number of rotatable bonds is 3. The van der Waals surface area contributed by atoms with Crippen LogP contribution in [0.15, 0.2) is 65.8 Å². The number of anilines is 2. The summed E-state index contributed by atoms with van der Waals surface area (Å²) in [6, 6.07) is 7.94. The lowest BCUT2D eigenvalue weighted by Crippen LogP contribution is -2.21. The normalized spacial score (nSPS) is 17.6. The maximum absolute atomic E-state index is 4.44. The summed E-state index contributed by atoms with van der Waals surface area (Å²) in [6.45, 7) is 3.01. The largest absolute Gasteiger partial charge is 0.306 e. The van der Waals surface area contributed by atoms with Crippen molar-refractivity contribution in [2.75, 3.05) is 11.4 Å². The standard InChI is InChI=1S/C16H16N4/c1-13-8-16(12-19-9-13)20(14-4-2-6-17-10-14)15-5-3-7-18-11-15/h2-8,10-13H,9H2,1H3. The summed E-state index contributed by atoms with van der Waals surface area (Å²) in [5.74, 6) is 0.436. The van der Waals surface area contributed by atoms with E-state index in [1.807, 2.05) is 42.9 Å². The van der Waals surface area contributed by atoms with Crippen LogP contribution < -0.4 is 4.90 Å². The van der Waals surface area contributed by atoms with E-state index in [0.29, 0.717) is 5.92 Å². The Morgan fingerprint density at radius 2 is 1.70 bits per heavy atom. The lowest BCUT2D eigenvalue weighted by molar-refractivity contribution is 0.728. The Morgan fingerprint density at radius 1 is 1.05 bits per heavy atom. The highest BCUT2D eigenvalue weighted by Crippen LogP contribution is 2.29. The van der Waals surface area contributed by atoms with Crippen LogP contribution in [-0.4, -0.2) is 22.7 Å². The van der Waals surface area contributed by atoms with Gasteiger partial charge in [0.25, 0.3) is 0 Å². The Morgan fingerprint density at radius 3 is 2.20 bits per heavy atom. The molecule has 0 radical (unpaired) electrons. The number of aliphatic imine (C=N–C) groups is 1. The fraction of sp³-hybridized carbons (Fsp3) is 0.188. The van der Waals surface area contributed by atoms with Crippen LogP contribution in [0.5, 0.6) is 0 Å². The molecule has 1 aliphatic heterocycles. The Hall–Kier alpha value is -2.49. The van der Waals surface area contributed by atoms with Crippen molar-refractivity contribution < 1.29 is 0 Å². The monoisotopic (exact) mass is 264 g/mol. The van der Waals surface area contributed by atoms with Gasteiger partial charge in [0, 0.05) is 25.2 Å². The molecule has 1 aliphatic rings. The number of dihydropyridines is 1. The molecule has 2 aromatic rings. The fourth-order valence-corrected chi connectivity index (χ4v) is 2.25. The zero-order valence-corrected chi connectivity index (χ0v) is 11.3. The summed E-state index contributed by atoms with van der Waals surface area (Å²) >= 11 is 0. The molecule has 0 fully saturated rings. The Bertz CT molecular complexity index is 580. The first-order valence-electron chi connectivity index (χ1n) is 6.66. The molecule has 100 valence electrons. The van der Waals surface area contributed by atoms with Gasteiger partial charge < -0.3 is 4.90 Å². The van der Waals surface area contributed by atoms with Gasteiger partial charge >= 0.3 is 0 Å². The molecule has 0 saturated heterocycles. The molecule has 0 aliphatic carbocycles. The lowest BCUT2D eigenvalue weighted by atomic mass is 10.1. The molecule has 0 saturated carbocycles. The molecule has 0 amide bonds. The maximum atomic E-state index is 4.44. The van der Waals surface area contributed by atoms with Gasteiger partial charge in [0.1, 0.15) is 0 Å². The third kappa shape index (κ3) is 2.59. The van der Waals surface area contributed by atoms with Crippen LogP contribution in [0, 0.1) is 5.92 Å². The summed E-state index contributed by atoms with van der Waals surface area (Å²) in [6.07, 6.45) is 11.4. The topological polar surface area (TPSA) is 41.4 Å². The van der Waals surface area contributed by atoms with E-state index >= 15 is 0 Å². The van der Waals surface area contributed by atoms with E-state index in [0.717, 1.165) is 23.6 Å². The summed E-state index contributed by atoms with van der Waals surface area (Å²) in [5.41, 5.74) is 3.07. The molecule has 20 heavy (non-hydrogen) atoms. The second-order valence-corrected chi connectivity index (χ2v) is 4.82. The molecule has 4 heteroatoms. The molecule has 0 aromatic carbocycles. The second kappa shape index (κ2) is 5.65. The van der Waals surface area contributed by atoms with Gasteiger partial charge in [-0.2, -0.15) is 0 Å². The van der Waals surface area contributed by atoms with Crippen LogP contribution >= 0.6 is 0 Å². The summed E-state index contributed by atoms with van der Waals surface area (Å²) in [5, 5.41) is 0. The number of hydrogen-bond donors (Lipinski definition) is 0. The highest BCUT2D eigenvalue weighted by molar-refractivity contribution is 5.89. The first-order chi connectivity index (χ1) is 9.84. The minimum atomic E-state index is 0.436. The molecule has 3 rings (SSSR count). The van der Waals surface area contributed by atoms with E-state index in [2.05, 4.69) is 32.9 Å². The minimum Gasteiger partial charge on any atom is -0.306 e. The second-order valence-electron chi connectivity index (χ2n) is 4.82. The summed E-state index contributed by atoms with van der Waals surface area (Å²) in [7, 11) is 0. The summed E-state index contributed by atoms with van der Waals surface area (Å²) < 4.78 is 0. The van der Waals surface area contributed by atoms with Gasteiger partial charge in [0.2, 0.25) is 0 Å². The van der Waals surface area contributed by atoms with Gasteiger partial charge in [-0.25, -0.2) is 0 Å². The molecule has 1 unspecified atom stereocenters. The van der Waals surface area contributed by atoms with Crippen LogP contribution in [-0.2, 0) is 0 Å². The molecule has 3 heterocycles. The van der Waals surface area contributed by atoms with E-state index in [4.69, 9.17) is 0 Å². The van der Waals surface area contributed by atoms with Crippen molar-refractivity contribution in [2.24, 2.45) is 10.9 Å². The molecular weight excluding hydrogens is 248 g/mol. The quantitative estimate of drug-likeness (QED) is 0.854. The van der Waals surface area contributed by atoms with E-state index in [9.17, 15) is 0 Å². The maximum Gasteiger partial charge on any atom is 0.0646 e. The third-order valence-corrected chi connectivity index (χ3v) is 3.14. The first-order valence-corrected chi connectivity index (χ1v) is 6.66. The van der Waals surface area contributed by atoms with Crippen LogP contribution in [0.25, 0.3) is 0 Å². The number of allylic oxidation sites excluding steroid dienone is 1. The van der Waals surface area contributed by atoms with Gasteiger partial charge in [0.05, 0.1) is 29.5 Å². The van der Waals surface area contributed by atoms with Crippen LogP contribution in [0.3, 0.4) is 0 Å². The molecular formula is C16H16N4. The van der Waals surface area contributed by atoms with Gasteiger partial charge in [-0.3, -0.25) is 15.0 Å². The zero-order valence-electron chi connectivity index (χ0n) is 11.3. The van der Waals surface area contributed by atoms with Gasteiger partial charge in [-0.1, -0.05) is 13.0 Å². The van der Waals surface area contributed by atoms with E-state index in [1.54, 1.807) is 12.4 Å². The number of hydrogen-bond acceptors (Lipinski definition) is 4. The molecule has 0 bridgehead atoms. The smallest absolute Gasteiger partial charge is 0.0646 e. The predicted molar refractivity (Wildman–Crippen MR) is 81.2 cm³/mol. The molecule has 1 atom stereocenters. The Balaban J connectivity index is 2.07. The molecule has 0 N–H and O–H groups in total. The van der Waals surface area contributed by atoms with E-state index in [-0.39, 0.29) is 0 Å². The summed E-state index contributed by atoms with van der Waals surface area (Å²) in [4.78, 5) is 15.0. The number of nitrogens with zero attached hydrogens (tertiary/aromatic N) is 4. The fourth-order valence-electron chi connectivity index (χ4n) is 2.25. The van der Waals surface area contributed by atoms with Crippen LogP contribution in [0.1, 0.15) is 6.92 Å². The van der Waals surface area contributed by atoms with Crippen molar-refractivity contribution >= 4 is 17.6 Å². The zero-order chi connectivity index (χ0) is 13.8. The molecule has 2 aromatic heterocycles. The lowest BCUT2D eigenvalue weighted by Gasteiger charge is -2.27. The molecule has 0 spiro atoms. The molecule has 4 nitrogen and oxygen atoms in total. The van der Waals surface area contributed by atoms with E-state index < -0.39 is 0 Å². The van der Waals surface area contributed by atoms with E-state index in [1.165, 1.54) is 0 Å². The number of pyridine rings is 2. The third-order valence-electron chi connectivity index (χ3n) is 3.14. The minimum absolute atomic E-state index is 0.436. The van der Waals surface area contributed by atoms with Crippen LogP contribution in [0.2, 0.25) is 0 Å². The highest BCUT2D eigenvalue weighted by Gasteiger charge is 2.16. The van der Waals surface area contributed by atoms with Crippen LogP contribution in [0.4, 0.5) is 11.4 Å². The van der Waals surface area contributed by atoms with Gasteiger partial charge in [0.15, 0.2) is 0 Å². The van der Waals surface area contributed by atoms with Crippen molar-refractivity contribution in [1.29, 1.82) is 0 Å². The first kappa shape index (κ1) is 12.5. The highest BCUT2D eigenvalue weighted by atomic mass is 15.2. The Labute approximate surface area is 118 Å². The van der Waals surface area contributed by atoms with Crippen molar-refractivity contribution in [1.82, 2.24) is 9.97 Å². The average molecular weight is 264 g/mol. The van der Waals surface area contributed by atoms with Gasteiger partial charge in [-0.15, -0.1) is 0 Å². The Kier molecular flexibility index (Phi) is 3.54. The number of aromatic nitrogens is 2. The average Bonchev–Trinajstić information content (AvgIpc) is 2.50.